The van der Waals surface area contributed by atoms with Gasteiger partial charge in [0.25, 0.3) is 0 Å². The van der Waals surface area contributed by atoms with Gasteiger partial charge in [-0.25, -0.2) is 4.39 Å². The second-order valence-electron chi connectivity index (χ2n) is 5.68. The smallest absolute Gasteiger partial charge is 0.423 e. The van der Waals surface area contributed by atoms with Crippen molar-refractivity contribution in [2.24, 2.45) is 5.92 Å². The Morgan fingerprint density at radius 2 is 2.05 bits per heavy atom. The Labute approximate surface area is 114 Å². The number of hydrogen-bond acceptors (Lipinski definition) is 3. The minimum absolute atomic E-state index is 0.269. The zero-order valence-electron chi connectivity index (χ0n) is 11.5. The molecule has 1 aromatic carbocycles. The van der Waals surface area contributed by atoms with E-state index < -0.39 is 12.9 Å². The highest BCUT2D eigenvalue weighted by Crippen LogP contribution is 2.23. The Morgan fingerprint density at radius 1 is 1.32 bits per heavy atom. The standard InChI is InChI=1S/C14H21BFNO2/c1-10-3-4-11(2)17(8-10)9-12-5-6-13(16)7-14(12)15(18)19/h5-7,10-11,18-19H,3-4,8-9H2,1-2H3. The molecule has 1 saturated heterocycles. The molecule has 3 nitrogen and oxygen atoms in total. The lowest BCUT2D eigenvalue weighted by Gasteiger charge is -2.37. The number of halogens is 1. The van der Waals surface area contributed by atoms with Crippen molar-refractivity contribution in [1.29, 1.82) is 0 Å². The third-order valence-electron chi connectivity index (χ3n) is 4.01. The first kappa shape index (κ1) is 14.5. The molecule has 1 fully saturated rings. The number of likely N-dealkylation sites (tertiary alicyclic amines) is 1. The van der Waals surface area contributed by atoms with Crippen LogP contribution in [0.15, 0.2) is 18.2 Å². The van der Waals surface area contributed by atoms with Crippen LogP contribution in [-0.2, 0) is 6.54 Å². The van der Waals surface area contributed by atoms with Gasteiger partial charge in [0.1, 0.15) is 5.82 Å². The first-order valence-corrected chi connectivity index (χ1v) is 6.86. The molecule has 2 rings (SSSR count). The summed E-state index contributed by atoms with van der Waals surface area (Å²) in [6.07, 6.45) is 2.38. The summed E-state index contributed by atoms with van der Waals surface area (Å²) in [5.41, 5.74) is 1.06. The number of nitrogens with zero attached hydrogens (tertiary/aromatic N) is 1. The molecule has 19 heavy (non-hydrogen) atoms. The van der Waals surface area contributed by atoms with Crippen LogP contribution in [0.3, 0.4) is 0 Å². The van der Waals surface area contributed by atoms with Crippen molar-refractivity contribution in [2.45, 2.75) is 39.3 Å². The molecular formula is C14H21BFNO2. The van der Waals surface area contributed by atoms with Gasteiger partial charge in [-0.3, -0.25) is 4.90 Å². The average Bonchev–Trinajstić information content (AvgIpc) is 2.35. The maximum Gasteiger partial charge on any atom is 0.488 e. The van der Waals surface area contributed by atoms with E-state index in [9.17, 15) is 14.4 Å². The van der Waals surface area contributed by atoms with E-state index in [1.54, 1.807) is 6.07 Å². The highest BCUT2D eigenvalue weighted by atomic mass is 19.1. The Morgan fingerprint density at radius 3 is 2.74 bits per heavy atom. The molecule has 0 spiro atoms. The molecule has 1 heterocycles. The summed E-state index contributed by atoms with van der Waals surface area (Å²) in [6.45, 7) is 6.05. The van der Waals surface area contributed by atoms with Gasteiger partial charge in [-0.2, -0.15) is 0 Å². The molecule has 1 aliphatic heterocycles. The second kappa shape index (κ2) is 6.03. The van der Waals surface area contributed by atoms with Crippen molar-refractivity contribution in [3.63, 3.8) is 0 Å². The molecule has 1 aliphatic rings. The van der Waals surface area contributed by atoms with Crippen molar-refractivity contribution in [3.05, 3.63) is 29.6 Å². The van der Waals surface area contributed by atoms with Gasteiger partial charge in [-0.1, -0.05) is 13.0 Å². The maximum absolute atomic E-state index is 13.2. The summed E-state index contributed by atoms with van der Waals surface area (Å²) in [7, 11) is -1.62. The molecule has 2 atom stereocenters. The molecule has 0 aromatic heterocycles. The quantitative estimate of drug-likeness (QED) is 0.805. The van der Waals surface area contributed by atoms with Gasteiger partial charge in [-0.15, -0.1) is 0 Å². The van der Waals surface area contributed by atoms with Crippen molar-refractivity contribution >= 4 is 12.6 Å². The van der Waals surface area contributed by atoms with E-state index in [0.717, 1.165) is 18.5 Å². The van der Waals surface area contributed by atoms with Crippen LogP contribution in [0.25, 0.3) is 0 Å². The Kier molecular flexibility index (Phi) is 4.60. The number of rotatable bonds is 3. The highest BCUT2D eigenvalue weighted by molar-refractivity contribution is 6.59. The van der Waals surface area contributed by atoms with Crippen LogP contribution in [0.5, 0.6) is 0 Å². The van der Waals surface area contributed by atoms with Crippen molar-refractivity contribution < 1.29 is 14.4 Å². The van der Waals surface area contributed by atoms with Crippen LogP contribution in [0.4, 0.5) is 4.39 Å². The van der Waals surface area contributed by atoms with Gasteiger partial charge in [0, 0.05) is 19.1 Å². The minimum Gasteiger partial charge on any atom is -0.423 e. The predicted molar refractivity (Wildman–Crippen MR) is 74.5 cm³/mol. The molecule has 1 aromatic rings. The van der Waals surface area contributed by atoms with Crippen molar-refractivity contribution in [1.82, 2.24) is 4.90 Å². The Balaban J connectivity index is 2.18. The first-order chi connectivity index (χ1) is 8.97. The van der Waals surface area contributed by atoms with E-state index in [1.807, 2.05) is 0 Å². The van der Waals surface area contributed by atoms with Gasteiger partial charge in [-0.05, 0) is 48.8 Å². The summed E-state index contributed by atoms with van der Waals surface area (Å²) in [6, 6.07) is 4.71. The van der Waals surface area contributed by atoms with E-state index in [1.165, 1.54) is 18.6 Å². The molecule has 5 heteroatoms. The third-order valence-corrected chi connectivity index (χ3v) is 4.01. The van der Waals surface area contributed by atoms with Crippen molar-refractivity contribution in [3.8, 4) is 0 Å². The SMILES string of the molecule is CC1CCC(C)N(Cc2ccc(F)cc2B(O)O)C1. The lowest BCUT2D eigenvalue weighted by Crippen LogP contribution is -2.43. The van der Waals surface area contributed by atoms with Gasteiger partial charge >= 0.3 is 7.12 Å². The van der Waals surface area contributed by atoms with E-state index in [-0.39, 0.29) is 5.46 Å². The molecular weight excluding hydrogens is 244 g/mol. The van der Waals surface area contributed by atoms with Crippen LogP contribution in [0, 0.1) is 11.7 Å². The molecule has 0 saturated carbocycles. The minimum atomic E-state index is -1.62. The van der Waals surface area contributed by atoms with Crippen LogP contribution < -0.4 is 5.46 Å². The van der Waals surface area contributed by atoms with E-state index in [2.05, 4.69) is 18.7 Å². The molecule has 0 aliphatic carbocycles. The predicted octanol–water partition coefficient (Wildman–Crippen LogP) is 1.13. The molecule has 0 radical (unpaired) electrons. The van der Waals surface area contributed by atoms with Crippen LogP contribution in [-0.4, -0.2) is 34.7 Å². The second-order valence-corrected chi connectivity index (χ2v) is 5.68. The fraction of sp³-hybridized carbons (Fsp3) is 0.571. The van der Waals surface area contributed by atoms with E-state index in [4.69, 9.17) is 0 Å². The highest BCUT2D eigenvalue weighted by Gasteiger charge is 2.25. The van der Waals surface area contributed by atoms with Crippen LogP contribution in [0.2, 0.25) is 0 Å². The van der Waals surface area contributed by atoms with Crippen LogP contribution >= 0.6 is 0 Å². The van der Waals surface area contributed by atoms with Crippen LogP contribution in [0.1, 0.15) is 32.3 Å². The van der Waals surface area contributed by atoms with Gasteiger partial charge < -0.3 is 10.0 Å². The molecule has 0 amide bonds. The van der Waals surface area contributed by atoms with Gasteiger partial charge in [0.2, 0.25) is 0 Å². The fourth-order valence-electron chi connectivity index (χ4n) is 2.77. The first-order valence-electron chi connectivity index (χ1n) is 6.86. The summed E-state index contributed by atoms with van der Waals surface area (Å²) >= 11 is 0. The number of hydrogen-bond donors (Lipinski definition) is 2. The summed E-state index contributed by atoms with van der Waals surface area (Å²) < 4.78 is 13.2. The molecule has 2 N–H and O–H groups in total. The lowest BCUT2D eigenvalue weighted by atomic mass is 9.76. The zero-order valence-corrected chi connectivity index (χ0v) is 11.5. The average molecular weight is 265 g/mol. The summed E-state index contributed by atoms with van der Waals surface area (Å²) in [5, 5.41) is 18.7. The van der Waals surface area contributed by atoms with E-state index in [0.29, 0.717) is 18.5 Å². The number of piperidine rings is 1. The molecule has 104 valence electrons. The lowest BCUT2D eigenvalue weighted by molar-refractivity contribution is 0.117. The summed E-state index contributed by atoms with van der Waals surface area (Å²) in [5.74, 6) is 0.214. The maximum atomic E-state index is 13.2. The molecule has 0 bridgehead atoms. The topological polar surface area (TPSA) is 43.7 Å². The normalized spacial score (nSPS) is 24.5. The number of benzene rings is 1. The van der Waals surface area contributed by atoms with Gasteiger partial charge in [0.15, 0.2) is 0 Å². The Hall–Kier alpha value is -0.905. The Bertz CT molecular complexity index is 441. The fourth-order valence-corrected chi connectivity index (χ4v) is 2.77. The third kappa shape index (κ3) is 3.56. The monoisotopic (exact) mass is 265 g/mol. The zero-order chi connectivity index (χ0) is 14.0. The van der Waals surface area contributed by atoms with E-state index >= 15 is 0 Å². The summed E-state index contributed by atoms with van der Waals surface area (Å²) in [4.78, 5) is 2.33. The molecule has 2 unspecified atom stereocenters. The largest absolute Gasteiger partial charge is 0.488 e. The van der Waals surface area contributed by atoms with Gasteiger partial charge in [0.05, 0.1) is 0 Å². The van der Waals surface area contributed by atoms with Crippen molar-refractivity contribution in [2.75, 3.05) is 6.54 Å².